The Bertz CT molecular complexity index is 1470. The molecule has 0 nitrogen and oxygen atoms in total. The van der Waals surface area contributed by atoms with Crippen molar-refractivity contribution in [1.82, 2.24) is 0 Å². The van der Waals surface area contributed by atoms with Crippen molar-refractivity contribution in [3.8, 4) is 0 Å². The highest BCUT2D eigenvalue weighted by Crippen LogP contribution is 1.99. The highest BCUT2D eigenvalue weighted by atomic mass is 13.9. The molecule has 0 radical (unpaired) electrons. The van der Waals surface area contributed by atoms with Crippen molar-refractivity contribution in [2.75, 3.05) is 0 Å². The van der Waals surface area contributed by atoms with Crippen LogP contribution >= 0.6 is 0 Å². The third-order valence-corrected chi connectivity index (χ3v) is 12.1. The van der Waals surface area contributed by atoms with E-state index in [0.29, 0.717) is 0 Å². The highest BCUT2D eigenvalue weighted by Gasteiger charge is 1.78. The van der Waals surface area contributed by atoms with Gasteiger partial charge in [-0.25, -0.2) is 0 Å². The van der Waals surface area contributed by atoms with Crippen LogP contribution in [0.1, 0.15) is 473 Å². The molecule has 0 fully saturated rings. The van der Waals surface area contributed by atoms with Crippen LogP contribution in [0.4, 0.5) is 0 Å². The lowest BCUT2D eigenvalue weighted by Gasteiger charge is -1.87. The Kier molecular flexibility index (Phi) is 364. The SMILES string of the molecule is C.C/C=C/C.C/C=C/CC.C/C=C/CC.C/C=C/CCCC.C/C=C\C.C/C=C\CC.C/C=C\CCC.C/C=C\CCCC.C=CC.C=CCC.C=CCCC.C=CCCCC.C=CCCCC.C=CCCCCC.CC/C=C/CCC.CC/C=C/CCC.CC/C=C\CC.CC/C=C\CCC.CC/C=C\CCC. The summed E-state index contributed by atoms with van der Waals surface area (Å²) in [5, 5.41) is 0. The summed E-state index contributed by atoms with van der Waals surface area (Å²) in [7, 11) is 0. The molecule has 656 valence electrons. The van der Waals surface area contributed by atoms with E-state index in [2.05, 4.69) is 339 Å². The second-order valence-corrected chi connectivity index (χ2v) is 23.8. The lowest BCUT2D eigenvalue weighted by Crippen LogP contribution is -1.67. The third kappa shape index (κ3) is 496. The second-order valence-electron chi connectivity index (χ2n) is 23.8. The van der Waals surface area contributed by atoms with Gasteiger partial charge in [-0.2, -0.15) is 0 Å². The lowest BCUT2D eigenvalue weighted by atomic mass is 10.2. The molecule has 0 amide bonds. The van der Waals surface area contributed by atoms with E-state index in [1.807, 2.05) is 110 Å². The van der Waals surface area contributed by atoms with Gasteiger partial charge in [0.05, 0.1) is 0 Å². The molecule has 0 aromatic carbocycles. The Morgan fingerprint density at radius 1 is 0.147 bits per heavy atom. The van der Waals surface area contributed by atoms with Gasteiger partial charge in [0.25, 0.3) is 0 Å². The number of hydrogen-bond acceptors (Lipinski definition) is 0. The summed E-state index contributed by atoms with van der Waals surface area (Å²) < 4.78 is 0. The van der Waals surface area contributed by atoms with E-state index in [1.165, 1.54) is 212 Å². The van der Waals surface area contributed by atoms with Gasteiger partial charge in [0.15, 0.2) is 0 Å². The maximum Gasteiger partial charge on any atom is -0.0351 e. The summed E-state index contributed by atoms with van der Waals surface area (Å²) in [5.74, 6) is 0. The topological polar surface area (TPSA) is 0 Å². The number of unbranched alkanes of at least 4 members (excludes halogenated alkanes) is 17. The maximum absolute atomic E-state index is 3.63. The molecule has 0 saturated carbocycles. The normalized spacial score (nSPS) is 9.43. The Morgan fingerprint density at radius 2 is 0.312 bits per heavy atom. The molecule has 0 bridgehead atoms. The van der Waals surface area contributed by atoms with Gasteiger partial charge in [-0.15, -0.1) is 39.5 Å². The molecule has 0 aliphatic carbocycles. The van der Waals surface area contributed by atoms with E-state index in [4.69, 9.17) is 0 Å². The molecule has 0 unspecified atom stereocenters. The fourth-order valence-corrected chi connectivity index (χ4v) is 5.60. The van der Waals surface area contributed by atoms with Crippen molar-refractivity contribution >= 4 is 0 Å². The van der Waals surface area contributed by atoms with Gasteiger partial charge in [0.1, 0.15) is 0 Å². The highest BCUT2D eigenvalue weighted by molar-refractivity contribution is 4.83. The van der Waals surface area contributed by atoms with Gasteiger partial charge in [0.2, 0.25) is 0 Å². The van der Waals surface area contributed by atoms with Crippen LogP contribution in [0.2, 0.25) is 0 Å². The molecule has 0 heteroatoms. The van der Waals surface area contributed by atoms with E-state index >= 15 is 0 Å². The minimum absolute atomic E-state index is 0. The molecular weight excluding hydrogens is 1310 g/mol. The Morgan fingerprint density at radius 3 is 0.422 bits per heavy atom. The molecule has 0 atom stereocenters. The second kappa shape index (κ2) is 254. The van der Waals surface area contributed by atoms with Crippen LogP contribution in [0.15, 0.2) is 234 Å². The molecule has 0 spiro atoms. The summed E-state index contributed by atoms with van der Waals surface area (Å²) in [6, 6.07) is 0. The van der Waals surface area contributed by atoms with Crippen LogP contribution in [0.5, 0.6) is 0 Å². The van der Waals surface area contributed by atoms with Crippen molar-refractivity contribution < 1.29 is 0 Å². The van der Waals surface area contributed by atoms with Crippen molar-refractivity contribution in [2.45, 2.75) is 473 Å². The van der Waals surface area contributed by atoms with Gasteiger partial charge in [-0.1, -0.05) is 450 Å². The predicted molar refractivity (Wildman–Crippen MR) is 544 cm³/mol. The predicted octanol–water partition coefficient (Wildman–Crippen LogP) is 43.2. The summed E-state index contributed by atoms with van der Waals surface area (Å²) in [6.45, 7) is 88.8. The standard InChI is InChI=1S/7C7H14.4C6H12.4C5H10.3C4H8.C3H6.CH4/c7*1-3-5-7-6-4-2;4*1-3-5-6-4-2;4*1-3-5-4-2;3*1-3-4-2;1-3-2;/h4*5,7H,3-4,6H2,1-2H3;2*3,5H,4,6-7H2,1-2H3;3H,1,4-7H2,2H3;5-6H,3-4H2,1-2H3;3,5H,4,6H2,1-2H3;2*3H,1,4-6H2,2H3;3*3,5H,4H2,1-2H3;3H,1,4-5H2,2H3;2*3-4H,1-2H3;3H,1,4H2,2H3;3H,1H2,2H3;1H4/b2*7-5+;2*7-5-;5-3+;5-3-;;6-5-;5-3-;;;2*5-3+;5-3-;;4-3+;4-3-;;;. The number of rotatable bonds is 38. The van der Waals surface area contributed by atoms with E-state index in [9.17, 15) is 0 Å². The summed E-state index contributed by atoms with van der Waals surface area (Å²) >= 11 is 0. The summed E-state index contributed by atoms with van der Waals surface area (Å²) in [4.78, 5) is 0. The minimum atomic E-state index is 0. The zero-order valence-electron chi connectivity index (χ0n) is 81.6. The largest absolute Gasteiger partial charge is 0.103 e. The Balaban J connectivity index is -0.0000000427. The lowest BCUT2D eigenvalue weighted by molar-refractivity contribution is 0.730. The Hall–Kier alpha value is -4.94. The fourth-order valence-electron chi connectivity index (χ4n) is 5.60. The van der Waals surface area contributed by atoms with Gasteiger partial charge >= 0.3 is 0 Å². The average Bonchev–Trinajstić information content (AvgIpc) is 3.76. The Labute approximate surface area is 702 Å². The van der Waals surface area contributed by atoms with Crippen LogP contribution in [0, 0.1) is 0 Å². The molecule has 0 heterocycles. The molecule has 0 aliphatic heterocycles. The van der Waals surface area contributed by atoms with Crippen LogP contribution in [0.25, 0.3) is 0 Å². The van der Waals surface area contributed by atoms with Gasteiger partial charge in [-0.05, 0) is 217 Å². The van der Waals surface area contributed by atoms with E-state index in [0.717, 1.165) is 32.1 Å². The first-order chi connectivity index (χ1) is 52.4. The monoisotopic (exact) mass is 1530 g/mol. The van der Waals surface area contributed by atoms with Gasteiger partial charge < -0.3 is 0 Å². The van der Waals surface area contributed by atoms with E-state index in [1.54, 1.807) is 6.08 Å². The first-order valence-corrected chi connectivity index (χ1v) is 45.1. The van der Waals surface area contributed by atoms with Gasteiger partial charge in [0, 0.05) is 0 Å². The van der Waals surface area contributed by atoms with E-state index < -0.39 is 0 Å². The fraction of sp³-hybridized carbons (Fsp3) is 0.651. The summed E-state index contributed by atoms with van der Waals surface area (Å²) in [5.41, 5.74) is 0. The molecule has 109 heavy (non-hydrogen) atoms. The van der Waals surface area contributed by atoms with Crippen LogP contribution in [-0.2, 0) is 0 Å². The quantitative estimate of drug-likeness (QED) is 0.0427. The minimum Gasteiger partial charge on any atom is -0.103 e. The molecular formula is C109H220. The zero-order valence-corrected chi connectivity index (χ0v) is 81.6. The molecule has 0 aliphatic rings. The first kappa shape index (κ1) is 156. The third-order valence-electron chi connectivity index (χ3n) is 12.1. The van der Waals surface area contributed by atoms with Crippen molar-refractivity contribution in [3.63, 3.8) is 0 Å². The van der Waals surface area contributed by atoms with Crippen molar-refractivity contribution in [1.29, 1.82) is 0 Å². The van der Waals surface area contributed by atoms with Crippen LogP contribution in [0.3, 0.4) is 0 Å². The van der Waals surface area contributed by atoms with E-state index in [-0.39, 0.29) is 7.43 Å². The molecule has 0 saturated heterocycles. The van der Waals surface area contributed by atoms with Gasteiger partial charge in [-0.3, -0.25) is 0 Å². The smallest absolute Gasteiger partial charge is 0.0351 e. The first-order valence-electron chi connectivity index (χ1n) is 45.1. The molecule has 0 aromatic rings. The summed E-state index contributed by atoms with van der Waals surface area (Å²) in [6.07, 6.45) is 114. The zero-order chi connectivity index (χ0) is 87.5. The van der Waals surface area contributed by atoms with Crippen LogP contribution in [-0.4, -0.2) is 0 Å². The average molecular weight is 1530 g/mol. The van der Waals surface area contributed by atoms with Crippen LogP contribution < -0.4 is 0 Å². The number of hydrogen-bond donors (Lipinski definition) is 0. The molecule has 0 rings (SSSR count). The van der Waals surface area contributed by atoms with Crippen molar-refractivity contribution in [2.24, 2.45) is 0 Å². The number of allylic oxidation sites excluding steroid dienone is 32. The van der Waals surface area contributed by atoms with Crippen molar-refractivity contribution in [3.05, 3.63) is 234 Å². The molecule has 0 aromatic heterocycles. The molecule has 0 N–H and O–H groups in total. The maximum atomic E-state index is 3.63.